The SMILES string of the molecule is Nc1ccc2nc(Cc3ccc(Br)cc3)nn2c1. The average molecular weight is 303 g/mol. The second-order valence-corrected chi connectivity index (χ2v) is 5.01. The fourth-order valence-electron chi connectivity index (χ4n) is 1.80. The van der Waals surface area contributed by atoms with Crippen LogP contribution in [0.15, 0.2) is 47.1 Å². The molecule has 4 nitrogen and oxygen atoms in total. The van der Waals surface area contributed by atoms with E-state index < -0.39 is 0 Å². The maximum absolute atomic E-state index is 5.71. The lowest BCUT2D eigenvalue weighted by Crippen LogP contribution is -1.93. The van der Waals surface area contributed by atoms with Crippen molar-refractivity contribution in [1.29, 1.82) is 0 Å². The molecule has 90 valence electrons. The first-order valence-electron chi connectivity index (χ1n) is 5.56. The van der Waals surface area contributed by atoms with Crippen LogP contribution in [0.3, 0.4) is 0 Å². The van der Waals surface area contributed by atoms with E-state index in [9.17, 15) is 0 Å². The number of nitrogens with two attached hydrogens (primary N) is 1. The lowest BCUT2D eigenvalue weighted by atomic mass is 10.1. The van der Waals surface area contributed by atoms with E-state index in [1.54, 1.807) is 10.7 Å². The van der Waals surface area contributed by atoms with Crippen LogP contribution in [0, 0.1) is 0 Å². The van der Waals surface area contributed by atoms with Crippen molar-refractivity contribution in [3.05, 3.63) is 58.5 Å². The lowest BCUT2D eigenvalue weighted by molar-refractivity contribution is 0.901. The van der Waals surface area contributed by atoms with Gasteiger partial charge in [-0.05, 0) is 29.8 Å². The highest BCUT2D eigenvalue weighted by atomic mass is 79.9. The Hall–Kier alpha value is -1.88. The number of hydrogen-bond acceptors (Lipinski definition) is 3. The van der Waals surface area contributed by atoms with Gasteiger partial charge in [0.25, 0.3) is 0 Å². The molecule has 5 heteroatoms. The fraction of sp³-hybridized carbons (Fsp3) is 0.0769. The molecule has 0 fully saturated rings. The normalized spacial score (nSPS) is 10.9. The molecule has 0 aliphatic carbocycles. The summed E-state index contributed by atoms with van der Waals surface area (Å²) in [5.74, 6) is 0.794. The van der Waals surface area contributed by atoms with E-state index in [1.807, 2.05) is 24.3 Å². The molecule has 0 amide bonds. The summed E-state index contributed by atoms with van der Waals surface area (Å²) in [6.07, 6.45) is 2.49. The Balaban J connectivity index is 1.92. The van der Waals surface area contributed by atoms with Gasteiger partial charge >= 0.3 is 0 Å². The van der Waals surface area contributed by atoms with Gasteiger partial charge in [-0.25, -0.2) is 9.50 Å². The maximum atomic E-state index is 5.71. The van der Waals surface area contributed by atoms with E-state index in [4.69, 9.17) is 5.73 Å². The summed E-state index contributed by atoms with van der Waals surface area (Å²) < 4.78 is 2.78. The number of aromatic nitrogens is 3. The third kappa shape index (κ3) is 2.22. The first kappa shape index (κ1) is 11.2. The lowest BCUT2D eigenvalue weighted by Gasteiger charge is -1.96. The van der Waals surface area contributed by atoms with Crippen molar-refractivity contribution in [1.82, 2.24) is 14.6 Å². The zero-order valence-corrected chi connectivity index (χ0v) is 11.1. The topological polar surface area (TPSA) is 56.2 Å². The van der Waals surface area contributed by atoms with Crippen molar-refractivity contribution in [2.75, 3.05) is 5.73 Å². The molecule has 2 aromatic heterocycles. The zero-order chi connectivity index (χ0) is 12.5. The number of fused-ring (bicyclic) bond motifs is 1. The van der Waals surface area contributed by atoms with Gasteiger partial charge in [0.1, 0.15) is 0 Å². The standard InChI is InChI=1S/C13H11BrN4/c14-10-3-1-9(2-4-10)7-12-16-13-6-5-11(15)8-18(13)17-12/h1-6,8H,7,15H2. The molecule has 0 spiro atoms. The third-order valence-electron chi connectivity index (χ3n) is 2.67. The highest BCUT2D eigenvalue weighted by Crippen LogP contribution is 2.13. The summed E-state index contributed by atoms with van der Waals surface area (Å²) in [6.45, 7) is 0. The van der Waals surface area contributed by atoms with Gasteiger partial charge < -0.3 is 5.73 Å². The second-order valence-electron chi connectivity index (χ2n) is 4.10. The molecular formula is C13H11BrN4. The predicted molar refractivity (Wildman–Crippen MR) is 74.3 cm³/mol. The van der Waals surface area contributed by atoms with Gasteiger partial charge in [0.2, 0.25) is 0 Å². The molecule has 0 atom stereocenters. The molecule has 1 aromatic carbocycles. The first-order valence-corrected chi connectivity index (χ1v) is 6.35. The van der Waals surface area contributed by atoms with Crippen LogP contribution in [0.4, 0.5) is 5.69 Å². The van der Waals surface area contributed by atoms with Gasteiger partial charge in [0.15, 0.2) is 11.5 Å². The largest absolute Gasteiger partial charge is 0.397 e. The Morgan fingerprint density at radius 2 is 1.89 bits per heavy atom. The van der Waals surface area contributed by atoms with Gasteiger partial charge in [-0.1, -0.05) is 28.1 Å². The van der Waals surface area contributed by atoms with Gasteiger partial charge in [0.05, 0.1) is 11.9 Å². The minimum Gasteiger partial charge on any atom is -0.397 e. The van der Waals surface area contributed by atoms with Crippen LogP contribution in [0.25, 0.3) is 5.65 Å². The minimum atomic E-state index is 0.683. The van der Waals surface area contributed by atoms with Crippen molar-refractivity contribution in [2.24, 2.45) is 0 Å². The average Bonchev–Trinajstić information content (AvgIpc) is 2.73. The van der Waals surface area contributed by atoms with Crippen molar-refractivity contribution in [2.45, 2.75) is 6.42 Å². The Morgan fingerprint density at radius 1 is 1.11 bits per heavy atom. The molecule has 18 heavy (non-hydrogen) atoms. The summed E-state index contributed by atoms with van der Waals surface area (Å²) in [6, 6.07) is 11.8. The van der Waals surface area contributed by atoms with Crippen LogP contribution in [-0.2, 0) is 6.42 Å². The smallest absolute Gasteiger partial charge is 0.156 e. The quantitative estimate of drug-likeness (QED) is 0.792. The molecule has 2 heterocycles. The third-order valence-corrected chi connectivity index (χ3v) is 3.20. The van der Waals surface area contributed by atoms with Gasteiger partial charge in [-0.3, -0.25) is 0 Å². The van der Waals surface area contributed by atoms with E-state index in [-0.39, 0.29) is 0 Å². The summed E-state index contributed by atoms with van der Waals surface area (Å²) in [4.78, 5) is 4.46. The molecule has 0 unspecified atom stereocenters. The number of halogens is 1. The van der Waals surface area contributed by atoms with Crippen LogP contribution >= 0.6 is 15.9 Å². The number of hydrogen-bond donors (Lipinski definition) is 1. The number of nitrogens with zero attached hydrogens (tertiary/aromatic N) is 3. The molecule has 0 aliphatic heterocycles. The van der Waals surface area contributed by atoms with E-state index in [0.717, 1.165) is 22.4 Å². The molecule has 2 N–H and O–H groups in total. The summed E-state index contributed by atoms with van der Waals surface area (Å²) in [5, 5.41) is 4.41. The van der Waals surface area contributed by atoms with Gasteiger partial charge in [-0.2, -0.15) is 5.10 Å². The number of rotatable bonds is 2. The van der Waals surface area contributed by atoms with Gasteiger partial charge in [0, 0.05) is 10.9 Å². The van der Waals surface area contributed by atoms with Crippen LogP contribution in [0.1, 0.15) is 11.4 Å². The van der Waals surface area contributed by atoms with Crippen molar-refractivity contribution in [3.8, 4) is 0 Å². The van der Waals surface area contributed by atoms with E-state index >= 15 is 0 Å². The Kier molecular flexibility index (Phi) is 2.76. The molecule has 0 saturated carbocycles. The molecule has 0 bridgehead atoms. The van der Waals surface area contributed by atoms with Crippen LogP contribution in [0.5, 0.6) is 0 Å². The highest BCUT2D eigenvalue weighted by molar-refractivity contribution is 9.10. The van der Waals surface area contributed by atoms with Crippen LogP contribution in [-0.4, -0.2) is 14.6 Å². The number of benzene rings is 1. The van der Waals surface area contributed by atoms with E-state index in [1.165, 1.54) is 5.56 Å². The minimum absolute atomic E-state index is 0.683. The number of anilines is 1. The predicted octanol–water partition coefficient (Wildman–Crippen LogP) is 2.66. The molecule has 0 saturated heterocycles. The van der Waals surface area contributed by atoms with Gasteiger partial charge in [-0.15, -0.1) is 0 Å². The first-order chi connectivity index (χ1) is 8.70. The second kappa shape index (κ2) is 4.42. The molecule has 0 aliphatic rings. The monoisotopic (exact) mass is 302 g/mol. The van der Waals surface area contributed by atoms with Crippen LogP contribution in [0.2, 0.25) is 0 Å². The molecule has 0 radical (unpaired) electrons. The number of nitrogen functional groups attached to an aromatic ring is 1. The van der Waals surface area contributed by atoms with Crippen LogP contribution < -0.4 is 5.73 Å². The molecule has 3 rings (SSSR count). The van der Waals surface area contributed by atoms with E-state index in [0.29, 0.717) is 5.69 Å². The fourth-order valence-corrected chi connectivity index (χ4v) is 2.07. The molecule has 3 aromatic rings. The summed E-state index contributed by atoms with van der Waals surface area (Å²) in [7, 11) is 0. The number of pyridine rings is 1. The van der Waals surface area contributed by atoms with Crippen molar-refractivity contribution >= 4 is 27.3 Å². The van der Waals surface area contributed by atoms with E-state index in [2.05, 4.69) is 38.1 Å². The summed E-state index contributed by atoms with van der Waals surface area (Å²) in [5.41, 5.74) is 8.39. The Morgan fingerprint density at radius 3 is 2.67 bits per heavy atom. The Bertz CT molecular complexity index is 688. The highest BCUT2D eigenvalue weighted by Gasteiger charge is 2.04. The summed E-state index contributed by atoms with van der Waals surface area (Å²) >= 11 is 3.42. The Labute approximate surface area is 113 Å². The zero-order valence-electron chi connectivity index (χ0n) is 9.55. The maximum Gasteiger partial charge on any atom is 0.156 e. The molecular weight excluding hydrogens is 292 g/mol. The van der Waals surface area contributed by atoms with Crippen molar-refractivity contribution < 1.29 is 0 Å². The van der Waals surface area contributed by atoms with Crippen molar-refractivity contribution in [3.63, 3.8) is 0 Å².